The molecule has 0 saturated carbocycles. The van der Waals surface area contributed by atoms with Gasteiger partial charge in [0.25, 0.3) is 0 Å². The average Bonchev–Trinajstić information content (AvgIpc) is 2.79. The molecule has 0 spiro atoms. The van der Waals surface area contributed by atoms with E-state index in [0.717, 1.165) is 17.5 Å². The summed E-state index contributed by atoms with van der Waals surface area (Å²) < 4.78 is 5.50. The number of hydrogen-bond acceptors (Lipinski definition) is 5. The van der Waals surface area contributed by atoms with Crippen LogP contribution in [0.1, 0.15) is 19.3 Å². The van der Waals surface area contributed by atoms with E-state index in [4.69, 9.17) is 16.3 Å². The minimum absolute atomic E-state index is 0.134. The van der Waals surface area contributed by atoms with Crippen LogP contribution in [0, 0.1) is 5.92 Å². The third kappa shape index (κ3) is 4.58. The van der Waals surface area contributed by atoms with Crippen molar-refractivity contribution in [3.8, 4) is 5.75 Å². The summed E-state index contributed by atoms with van der Waals surface area (Å²) in [4.78, 5) is 34.7. The molecule has 0 aliphatic carbocycles. The van der Waals surface area contributed by atoms with Gasteiger partial charge in [0, 0.05) is 11.4 Å². The summed E-state index contributed by atoms with van der Waals surface area (Å²) in [5, 5.41) is 0.346. The van der Waals surface area contributed by atoms with Gasteiger partial charge in [0.2, 0.25) is 5.12 Å². The molecule has 112 valence electrons. The molecule has 0 amide bonds. The Morgan fingerprint density at radius 2 is 1.95 bits per heavy atom. The fraction of sp³-hybridized carbons (Fsp3) is 0.400. The minimum Gasteiger partial charge on any atom is -0.494 e. The largest absolute Gasteiger partial charge is 0.494 e. The van der Waals surface area contributed by atoms with Crippen LogP contribution in [0.3, 0.4) is 0 Å². The number of carbonyl (C=O) groups is 3. The fourth-order valence-corrected chi connectivity index (χ4v) is 3.02. The molecule has 21 heavy (non-hydrogen) atoms. The fourth-order valence-electron chi connectivity index (χ4n) is 2.02. The lowest BCUT2D eigenvalue weighted by molar-refractivity contribution is -0.134. The van der Waals surface area contributed by atoms with Crippen LogP contribution in [0.4, 0.5) is 0 Å². The van der Waals surface area contributed by atoms with Crippen LogP contribution in [0.25, 0.3) is 0 Å². The van der Waals surface area contributed by atoms with E-state index in [2.05, 4.69) is 0 Å². The first kappa shape index (κ1) is 16.0. The number of hydrogen-bond donors (Lipinski definition) is 0. The molecule has 6 heteroatoms. The SMILES string of the molecule is O=C(CCCCOc1ccc(Cl)cc1)C1C(=O)CSC1=O. The third-order valence-electron chi connectivity index (χ3n) is 3.14. The second kappa shape index (κ2) is 7.61. The van der Waals surface area contributed by atoms with Crippen molar-refractivity contribution in [2.75, 3.05) is 12.4 Å². The molecule has 0 bridgehead atoms. The smallest absolute Gasteiger partial charge is 0.207 e. The van der Waals surface area contributed by atoms with Gasteiger partial charge in [-0.15, -0.1) is 0 Å². The van der Waals surface area contributed by atoms with Crippen LogP contribution < -0.4 is 4.74 Å². The summed E-state index contributed by atoms with van der Waals surface area (Å²) in [6.07, 6.45) is 1.54. The predicted octanol–water partition coefficient (Wildman–Crippen LogP) is 2.92. The van der Waals surface area contributed by atoms with Crippen molar-refractivity contribution in [2.24, 2.45) is 5.92 Å². The van der Waals surface area contributed by atoms with E-state index < -0.39 is 5.92 Å². The number of ketones is 2. The van der Waals surface area contributed by atoms with Gasteiger partial charge in [0.05, 0.1) is 12.4 Å². The lowest BCUT2D eigenvalue weighted by Crippen LogP contribution is -2.25. The van der Waals surface area contributed by atoms with Gasteiger partial charge in [-0.2, -0.15) is 0 Å². The van der Waals surface area contributed by atoms with Crippen molar-refractivity contribution in [3.63, 3.8) is 0 Å². The Morgan fingerprint density at radius 1 is 1.24 bits per heavy atom. The van der Waals surface area contributed by atoms with Crippen molar-refractivity contribution in [2.45, 2.75) is 19.3 Å². The molecular weight excluding hydrogens is 312 g/mol. The van der Waals surface area contributed by atoms with Gasteiger partial charge in [-0.25, -0.2) is 0 Å². The van der Waals surface area contributed by atoms with Gasteiger partial charge in [-0.05, 0) is 37.1 Å². The van der Waals surface area contributed by atoms with Gasteiger partial charge in [0.15, 0.2) is 11.6 Å². The number of benzene rings is 1. The van der Waals surface area contributed by atoms with Crippen LogP contribution in [0.5, 0.6) is 5.75 Å². The second-order valence-corrected chi connectivity index (χ2v) is 6.15. The van der Waals surface area contributed by atoms with E-state index in [1.807, 2.05) is 0 Å². The van der Waals surface area contributed by atoms with Crippen molar-refractivity contribution in [1.82, 2.24) is 0 Å². The first-order chi connectivity index (χ1) is 10.1. The summed E-state index contributed by atoms with van der Waals surface area (Å²) in [6, 6.07) is 7.05. The molecule has 0 N–H and O–H groups in total. The molecule has 4 nitrogen and oxygen atoms in total. The first-order valence-corrected chi connectivity index (χ1v) is 8.05. The molecule has 1 saturated heterocycles. The van der Waals surface area contributed by atoms with Crippen molar-refractivity contribution >= 4 is 40.0 Å². The van der Waals surface area contributed by atoms with Gasteiger partial charge < -0.3 is 4.74 Å². The molecule has 0 aromatic heterocycles. The highest BCUT2D eigenvalue weighted by Crippen LogP contribution is 2.24. The Kier molecular flexibility index (Phi) is 5.82. The lowest BCUT2D eigenvalue weighted by Gasteiger charge is -2.07. The zero-order valence-corrected chi connectivity index (χ0v) is 12.9. The summed E-state index contributed by atoms with van der Waals surface area (Å²) in [6.45, 7) is 0.482. The van der Waals surface area contributed by atoms with Crippen LogP contribution in [-0.2, 0) is 14.4 Å². The average molecular weight is 327 g/mol. The van der Waals surface area contributed by atoms with E-state index >= 15 is 0 Å². The summed E-state index contributed by atoms with van der Waals surface area (Å²) >= 11 is 6.71. The molecule has 1 aromatic rings. The monoisotopic (exact) mass is 326 g/mol. The molecule has 0 radical (unpaired) electrons. The highest BCUT2D eigenvalue weighted by molar-refractivity contribution is 8.15. The van der Waals surface area contributed by atoms with Crippen LogP contribution in [-0.4, -0.2) is 29.0 Å². The number of ether oxygens (including phenoxy) is 1. The maximum absolute atomic E-state index is 11.8. The van der Waals surface area contributed by atoms with E-state index in [1.165, 1.54) is 0 Å². The predicted molar refractivity (Wildman–Crippen MR) is 81.8 cm³/mol. The lowest BCUT2D eigenvalue weighted by atomic mass is 9.97. The standard InChI is InChI=1S/C15H15ClO4S/c16-10-4-6-11(7-5-10)20-8-2-1-3-12(17)14-13(18)9-21-15(14)19/h4-7,14H,1-3,8-9H2. The topological polar surface area (TPSA) is 60.4 Å². The van der Waals surface area contributed by atoms with E-state index in [0.29, 0.717) is 24.5 Å². The summed E-state index contributed by atoms with van der Waals surface area (Å²) in [5.41, 5.74) is 0. The van der Waals surface area contributed by atoms with Crippen LogP contribution >= 0.6 is 23.4 Å². The first-order valence-electron chi connectivity index (χ1n) is 6.68. The summed E-state index contributed by atoms with van der Waals surface area (Å²) in [5.74, 6) is -0.682. The third-order valence-corrected chi connectivity index (χ3v) is 4.34. The molecule has 1 atom stereocenters. The van der Waals surface area contributed by atoms with E-state index in [1.54, 1.807) is 24.3 Å². The quantitative estimate of drug-likeness (QED) is 0.569. The molecule has 2 rings (SSSR count). The minimum atomic E-state index is -1.02. The zero-order valence-electron chi connectivity index (χ0n) is 11.3. The van der Waals surface area contributed by atoms with Gasteiger partial charge in [-0.3, -0.25) is 14.4 Å². The maximum atomic E-state index is 11.8. The van der Waals surface area contributed by atoms with Gasteiger partial charge >= 0.3 is 0 Å². The Bertz CT molecular complexity index is 525. The number of Topliss-reactive ketones (excluding diaryl/α,β-unsaturated/α-hetero) is 2. The van der Waals surface area contributed by atoms with Crippen molar-refractivity contribution < 1.29 is 19.1 Å². The molecule has 1 aliphatic heterocycles. The highest BCUT2D eigenvalue weighted by Gasteiger charge is 2.38. The Hall–Kier alpha value is -1.33. The number of thioether (sulfide) groups is 1. The summed E-state index contributed by atoms with van der Waals surface area (Å²) in [7, 11) is 0. The normalized spacial score (nSPS) is 18.0. The number of halogens is 1. The van der Waals surface area contributed by atoms with Gasteiger partial charge in [0.1, 0.15) is 11.7 Å². The molecule has 1 heterocycles. The Morgan fingerprint density at radius 3 is 2.57 bits per heavy atom. The second-order valence-electron chi connectivity index (χ2n) is 4.73. The van der Waals surface area contributed by atoms with E-state index in [9.17, 15) is 14.4 Å². The molecule has 1 aromatic carbocycles. The van der Waals surface area contributed by atoms with Crippen LogP contribution in [0.15, 0.2) is 24.3 Å². The number of unbranched alkanes of at least 4 members (excludes halogenated alkanes) is 1. The Balaban J connectivity index is 1.65. The molecule has 1 unspecified atom stereocenters. The molecular formula is C15H15ClO4S. The number of carbonyl (C=O) groups excluding carboxylic acids is 3. The maximum Gasteiger partial charge on any atom is 0.207 e. The Labute approximate surface area is 132 Å². The molecule has 1 aliphatic rings. The van der Waals surface area contributed by atoms with Crippen molar-refractivity contribution in [1.29, 1.82) is 0 Å². The molecule has 1 fully saturated rings. The number of rotatable bonds is 7. The van der Waals surface area contributed by atoms with Crippen molar-refractivity contribution in [3.05, 3.63) is 29.3 Å². The highest BCUT2D eigenvalue weighted by atomic mass is 35.5. The zero-order chi connectivity index (χ0) is 15.2. The van der Waals surface area contributed by atoms with Crippen LogP contribution in [0.2, 0.25) is 5.02 Å². The van der Waals surface area contributed by atoms with E-state index in [-0.39, 0.29) is 28.9 Å². The van der Waals surface area contributed by atoms with Gasteiger partial charge in [-0.1, -0.05) is 23.4 Å².